The zero-order valence-corrected chi connectivity index (χ0v) is 21.1. The number of nitrogens with zero attached hydrogens (tertiary/aromatic N) is 1. The molecule has 0 bridgehead atoms. The summed E-state index contributed by atoms with van der Waals surface area (Å²) in [5.41, 5.74) is 2.12. The molecule has 166 valence electrons. The average Bonchev–Trinajstić information content (AvgIpc) is 2.93. The minimum atomic E-state index is -2.08. The van der Waals surface area contributed by atoms with Crippen molar-refractivity contribution in [1.82, 2.24) is 0 Å². The van der Waals surface area contributed by atoms with Gasteiger partial charge >= 0.3 is 6.04 Å². The Morgan fingerprint density at radius 2 is 1.59 bits per heavy atom. The van der Waals surface area contributed by atoms with Crippen molar-refractivity contribution in [2.45, 2.75) is 67.9 Å². The Kier molecular flexibility index (Phi) is 15.5. The molecule has 1 aliphatic rings. The van der Waals surface area contributed by atoms with Crippen molar-refractivity contribution in [1.29, 1.82) is 0 Å². The molecule has 29 heavy (non-hydrogen) atoms. The molecule has 5 heteroatoms. The Bertz CT molecular complexity index is 622. The lowest BCUT2D eigenvalue weighted by molar-refractivity contribution is -0.173. The summed E-state index contributed by atoms with van der Waals surface area (Å²) in [7, 11) is 1.99. The minimum Gasteiger partial charge on any atom is -0.423 e. The predicted octanol–water partition coefficient (Wildman–Crippen LogP) is 7.80. The van der Waals surface area contributed by atoms with Crippen molar-refractivity contribution in [2.75, 3.05) is 17.3 Å². The van der Waals surface area contributed by atoms with Crippen LogP contribution in [0.4, 0.5) is 10.1 Å². The fourth-order valence-electron chi connectivity index (χ4n) is 2.27. The molecule has 1 aromatic rings. The summed E-state index contributed by atoms with van der Waals surface area (Å²) in [6.07, 6.45) is 11.4. The van der Waals surface area contributed by atoms with E-state index in [9.17, 15) is 4.39 Å². The van der Waals surface area contributed by atoms with E-state index < -0.39 is 6.04 Å². The summed E-state index contributed by atoms with van der Waals surface area (Å²) < 4.78 is 23.9. The first-order valence-electron chi connectivity index (χ1n) is 10.0. The lowest BCUT2D eigenvalue weighted by atomic mass is 10.1. The number of hydrogen-bond acceptors (Lipinski definition) is 3. The summed E-state index contributed by atoms with van der Waals surface area (Å²) in [6, 6.07) is 3.35. The van der Waals surface area contributed by atoms with Crippen LogP contribution in [0.3, 0.4) is 0 Å². The molecule has 0 fully saturated rings. The van der Waals surface area contributed by atoms with Crippen LogP contribution in [0.25, 0.3) is 0 Å². The van der Waals surface area contributed by atoms with Gasteiger partial charge in [-0.1, -0.05) is 76.9 Å². The summed E-state index contributed by atoms with van der Waals surface area (Å²) in [5, 5.41) is 0.790. The van der Waals surface area contributed by atoms with E-state index in [1.807, 2.05) is 13.1 Å². The van der Waals surface area contributed by atoms with E-state index in [-0.39, 0.29) is 0 Å². The zero-order valence-electron chi connectivity index (χ0n) is 19.6. The molecule has 1 aromatic carbocycles. The summed E-state index contributed by atoms with van der Waals surface area (Å²) in [6.45, 7) is 16.3. The summed E-state index contributed by atoms with van der Waals surface area (Å²) in [5.74, 6) is 2.08. The molecule has 0 amide bonds. The summed E-state index contributed by atoms with van der Waals surface area (Å²) >= 11 is 3.43. The lowest BCUT2D eigenvalue weighted by Gasteiger charge is -2.26. The third kappa shape index (κ3) is 11.8. The molecule has 2 rings (SSSR count). The lowest BCUT2D eigenvalue weighted by Crippen LogP contribution is -2.27. The van der Waals surface area contributed by atoms with Crippen molar-refractivity contribution < 1.29 is 13.9 Å². The SMILES string of the molecule is C#C.CC(C)/C(=C/CBr)N(C)c1ccc2c(c1)OC(C)(F)O2.CC(C)C.CCC. The van der Waals surface area contributed by atoms with Gasteiger partial charge in [0.25, 0.3) is 0 Å². The molecule has 0 N–H and O–H groups in total. The van der Waals surface area contributed by atoms with E-state index in [0.29, 0.717) is 17.4 Å². The zero-order chi connectivity index (χ0) is 23.2. The van der Waals surface area contributed by atoms with Crippen LogP contribution in [-0.2, 0) is 0 Å². The number of terminal acetylenes is 1. The van der Waals surface area contributed by atoms with Crippen molar-refractivity contribution in [3.63, 3.8) is 0 Å². The second-order valence-corrected chi connectivity index (χ2v) is 8.25. The van der Waals surface area contributed by atoms with Gasteiger partial charge in [-0.25, -0.2) is 0 Å². The monoisotopic (exact) mass is 471 g/mol. The van der Waals surface area contributed by atoms with Gasteiger partial charge < -0.3 is 14.4 Å². The van der Waals surface area contributed by atoms with Crippen molar-refractivity contribution in [3.05, 3.63) is 30.0 Å². The van der Waals surface area contributed by atoms with Gasteiger partial charge in [-0.15, -0.1) is 12.8 Å². The molecular weight excluding hydrogens is 433 g/mol. The molecule has 0 saturated heterocycles. The quantitative estimate of drug-likeness (QED) is 0.330. The van der Waals surface area contributed by atoms with Gasteiger partial charge in [0.2, 0.25) is 0 Å². The summed E-state index contributed by atoms with van der Waals surface area (Å²) in [4.78, 5) is 2.07. The first-order valence-corrected chi connectivity index (χ1v) is 11.1. The molecule has 0 aliphatic carbocycles. The number of alkyl halides is 2. The molecule has 1 unspecified atom stereocenters. The van der Waals surface area contributed by atoms with Crippen LogP contribution in [0.1, 0.15) is 61.8 Å². The van der Waals surface area contributed by atoms with Crippen LogP contribution in [0, 0.1) is 24.7 Å². The molecule has 3 nitrogen and oxygen atoms in total. The van der Waals surface area contributed by atoms with Crippen molar-refractivity contribution in [3.8, 4) is 24.3 Å². The topological polar surface area (TPSA) is 21.7 Å². The van der Waals surface area contributed by atoms with Gasteiger partial charge in [0.15, 0.2) is 11.5 Å². The Morgan fingerprint density at radius 1 is 1.14 bits per heavy atom. The van der Waals surface area contributed by atoms with Crippen molar-refractivity contribution in [2.24, 2.45) is 11.8 Å². The van der Waals surface area contributed by atoms with Gasteiger partial charge in [-0.2, -0.15) is 4.39 Å². The second-order valence-electron chi connectivity index (χ2n) is 7.61. The highest BCUT2D eigenvalue weighted by atomic mass is 79.9. The molecule has 0 aromatic heterocycles. The Hall–Kier alpha value is -1.67. The molecule has 0 spiro atoms. The maximum atomic E-state index is 13.7. The number of benzene rings is 1. The Balaban J connectivity index is 0. The maximum absolute atomic E-state index is 13.7. The highest BCUT2D eigenvalue weighted by Gasteiger charge is 2.37. The first kappa shape index (κ1) is 29.5. The van der Waals surface area contributed by atoms with Crippen LogP contribution in [-0.4, -0.2) is 18.4 Å². The predicted molar refractivity (Wildman–Crippen MR) is 129 cm³/mol. The van der Waals surface area contributed by atoms with E-state index in [1.165, 1.54) is 19.0 Å². The molecule has 0 radical (unpaired) electrons. The van der Waals surface area contributed by atoms with Crippen LogP contribution >= 0.6 is 15.9 Å². The second kappa shape index (κ2) is 15.2. The largest absolute Gasteiger partial charge is 0.423 e. The normalized spacial score (nSPS) is 16.7. The minimum absolute atomic E-state index is 0.384. The Morgan fingerprint density at radius 3 is 2.00 bits per heavy atom. The highest BCUT2D eigenvalue weighted by molar-refractivity contribution is 9.09. The number of ether oxygens (including phenoxy) is 2. The van der Waals surface area contributed by atoms with Crippen LogP contribution in [0.2, 0.25) is 0 Å². The van der Waals surface area contributed by atoms with E-state index in [4.69, 9.17) is 9.47 Å². The molecule has 0 saturated carbocycles. The third-order valence-electron chi connectivity index (χ3n) is 3.16. The van der Waals surface area contributed by atoms with Gasteiger partial charge in [-0.3, -0.25) is 0 Å². The molecular formula is C24H39BrFNO2. The number of fused-ring (bicyclic) bond motifs is 1. The number of halogens is 2. The standard InChI is InChI=1S/C15H19BrFNO2.C4H10.C3H8.C2H2/c1-10(2)12(7-8-16)18(4)11-5-6-13-14(9-11)20-15(3,17)19-13;1-4(2)3;1-3-2;1-2/h5-7,9-10H,8H2,1-4H3;4H,1-3H3;3H2,1-2H3;1-2H/b12-7-;;;. The molecule has 1 atom stereocenters. The van der Waals surface area contributed by atoms with Gasteiger partial charge in [-0.05, 0) is 24.0 Å². The fourth-order valence-corrected chi connectivity index (χ4v) is 2.60. The van der Waals surface area contributed by atoms with Crippen LogP contribution < -0.4 is 14.4 Å². The van der Waals surface area contributed by atoms with E-state index >= 15 is 0 Å². The highest BCUT2D eigenvalue weighted by Crippen LogP contribution is 2.42. The van der Waals surface area contributed by atoms with Gasteiger partial charge in [0, 0.05) is 36.8 Å². The van der Waals surface area contributed by atoms with Crippen LogP contribution in [0.15, 0.2) is 30.0 Å². The maximum Gasteiger partial charge on any atom is 0.404 e. The Labute approximate surface area is 186 Å². The van der Waals surface area contributed by atoms with Gasteiger partial charge in [0.05, 0.1) is 0 Å². The van der Waals surface area contributed by atoms with E-state index in [0.717, 1.165) is 16.9 Å². The fraction of sp³-hybridized carbons (Fsp3) is 0.583. The third-order valence-corrected chi connectivity index (χ3v) is 3.49. The number of hydrogen-bond donors (Lipinski definition) is 0. The van der Waals surface area contributed by atoms with Gasteiger partial charge in [0.1, 0.15) is 0 Å². The molecule has 1 heterocycles. The van der Waals surface area contributed by atoms with Crippen LogP contribution in [0.5, 0.6) is 11.5 Å². The smallest absolute Gasteiger partial charge is 0.404 e. The first-order chi connectivity index (χ1) is 13.5. The van der Waals surface area contributed by atoms with Crippen molar-refractivity contribution >= 4 is 21.6 Å². The average molecular weight is 472 g/mol. The number of allylic oxidation sites excluding steroid dienone is 2. The molecule has 1 aliphatic heterocycles. The van der Waals surface area contributed by atoms with E-state index in [2.05, 4.69) is 88.2 Å². The number of rotatable bonds is 4. The number of anilines is 1. The van der Waals surface area contributed by atoms with E-state index in [1.54, 1.807) is 12.1 Å².